The van der Waals surface area contributed by atoms with Gasteiger partial charge in [0.15, 0.2) is 0 Å². The molecule has 0 saturated heterocycles. The van der Waals surface area contributed by atoms with Gasteiger partial charge in [-0.05, 0) is 48.8 Å². The summed E-state index contributed by atoms with van der Waals surface area (Å²) in [6.45, 7) is 5.51. The van der Waals surface area contributed by atoms with Crippen molar-refractivity contribution in [3.8, 4) is 0 Å². The van der Waals surface area contributed by atoms with Crippen molar-refractivity contribution < 1.29 is 4.79 Å². The maximum atomic E-state index is 12.7. The molecule has 1 aromatic carbocycles. The summed E-state index contributed by atoms with van der Waals surface area (Å²) in [6.07, 6.45) is 8.09. The lowest BCUT2D eigenvalue weighted by atomic mass is 9.68. The van der Waals surface area contributed by atoms with Crippen LogP contribution in [-0.2, 0) is 5.54 Å². The second-order valence-electron chi connectivity index (χ2n) is 5.37. The second-order valence-corrected chi connectivity index (χ2v) is 5.37. The van der Waals surface area contributed by atoms with Gasteiger partial charge in [-0.25, -0.2) is 0 Å². The van der Waals surface area contributed by atoms with E-state index in [-0.39, 0.29) is 11.4 Å². The van der Waals surface area contributed by atoms with E-state index in [9.17, 15) is 4.79 Å². The van der Waals surface area contributed by atoms with Crippen LogP contribution in [0.2, 0.25) is 0 Å². The number of aliphatic imine (C=N–C) groups is 1. The minimum absolute atomic E-state index is 0.122. The van der Waals surface area contributed by atoms with Crippen molar-refractivity contribution in [2.45, 2.75) is 19.4 Å². The smallest absolute Gasteiger partial charge is 0.254 e. The minimum atomic E-state index is -0.350. The zero-order valence-electron chi connectivity index (χ0n) is 11.7. The molecule has 0 saturated carbocycles. The molecule has 100 valence electrons. The van der Waals surface area contributed by atoms with Crippen molar-refractivity contribution in [2.75, 3.05) is 13.1 Å². The summed E-state index contributed by atoms with van der Waals surface area (Å²) in [5, 5.41) is 0. The fourth-order valence-electron chi connectivity index (χ4n) is 3.64. The van der Waals surface area contributed by atoms with E-state index in [1.807, 2.05) is 37.1 Å². The number of rotatable bonds is 3. The first-order chi connectivity index (χ1) is 9.74. The lowest BCUT2D eigenvalue weighted by Gasteiger charge is -2.40. The Morgan fingerprint density at radius 3 is 2.85 bits per heavy atom. The molecule has 1 aliphatic heterocycles. The highest BCUT2D eigenvalue weighted by Gasteiger charge is 2.55. The highest BCUT2D eigenvalue weighted by molar-refractivity contribution is 6.03. The number of carbonyl (C=O) groups excluding carboxylic acids is 1. The average molecular weight is 264 g/mol. The van der Waals surface area contributed by atoms with Crippen molar-refractivity contribution in [2.24, 2.45) is 4.99 Å². The molecular weight excluding hydrogens is 248 g/mol. The molecule has 4 aliphatic carbocycles. The number of dihydropyridines is 1. The van der Waals surface area contributed by atoms with Crippen molar-refractivity contribution in [1.29, 1.82) is 0 Å². The Morgan fingerprint density at radius 1 is 1.30 bits per heavy atom. The van der Waals surface area contributed by atoms with Crippen molar-refractivity contribution in [1.82, 2.24) is 4.90 Å². The Hall–Kier alpha value is -2.16. The Labute approximate surface area is 118 Å². The van der Waals surface area contributed by atoms with Gasteiger partial charge in [0, 0.05) is 30.4 Å². The van der Waals surface area contributed by atoms with Gasteiger partial charge in [0.1, 0.15) is 5.54 Å². The average Bonchev–Trinajstić information content (AvgIpc) is 3.02. The first-order valence-electron chi connectivity index (χ1n) is 7.15. The van der Waals surface area contributed by atoms with E-state index in [4.69, 9.17) is 4.99 Å². The first-order valence-corrected chi connectivity index (χ1v) is 7.15. The Kier molecular flexibility index (Phi) is 2.15. The largest absolute Gasteiger partial charge is 0.339 e. The number of fused-ring (bicyclic) bond motifs is 2. The van der Waals surface area contributed by atoms with Gasteiger partial charge < -0.3 is 4.90 Å². The normalized spacial score (nSPS) is 23.2. The standard InChI is InChI=1S/C17H16N2O/c1-3-19(4-2)16(20)12-7-8-14-13-10-11-6-5-9-18-17(11,14)15(12)13/h5-10H,3-4H2,1-2H3. The number of allylic oxidation sites excluding steroid dienone is 1. The molecule has 4 bridgehead atoms. The summed E-state index contributed by atoms with van der Waals surface area (Å²) in [7, 11) is 0. The van der Waals surface area contributed by atoms with E-state index < -0.39 is 0 Å². The molecule has 20 heavy (non-hydrogen) atoms. The lowest BCUT2D eigenvalue weighted by molar-refractivity contribution is 0.0770. The highest BCUT2D eigenvalue weighted by Crippen LogP contribution is 2.61. The molecule has 6 rings (SSSR count). The van der Waals surface area contributed by atoms with E-state index in [0.717, 1.165) is 24.2 Å². The van der Waals surface area contributed by atoms with Crippen LogP contribution in [0.5, 0.6) is 0 Å². The molecule has 5 aliphatic rings. The Bertz CT molecular complexity index is 723. The number of amides is 1. The molecule has 3 heteroatoms. The summed E-state index contributed by atoms with van der Waals surface area (Å²) in [6, 6.07) is 4.03. The summed E-state index contributed by atoms with van der Waals surface area (Å²) in [5.41, 5.74) is 5.24. The predicted molar refractivity (Wildman–Crippen MR) is 80.1 cm³/mol. The van der Waals surface area contributed by atoms with E-state index >= 15 is 0 Å². The summed E-state index contributed by atoms with van der Waals surface area (Å²) in [5.74, 6) is 0.122. The summed E-state index contributed by atoms with van der Waals surface area (Å²) < 4.78 is 0. The number of benzene rings is 1. The van der Waals surface area contributed by atoms with Crippen LogP contribution in [0.15, 0.2) is 34.9 Å². The van der Waals surface area contributed by atoms with Crippen LogP contribution in [0.3, 0.4) is 0 Å². The van der Waals surface area contributed by atoms with Crippen LogP contribution >= 0.6 is 0 Å². The zero-order valence-corrected chi connectivity index (χ0v) is 11.7. The van der Waals surface area contributed by atoms with Gasteiger partial charge in [0.25, 0.3) is 5.91 Å². The lowest BCUT2D eigenvalue weighted by Crippen LogP contribution is -2.39. The molecule has 0 radical (unpaired) electrons. The van der Waals surface area contributed by atoms with Gasteiger partial charge >= 0.3 is 0 Å². The third kappa shape index (κ3) is 1.08. The van der Waals surface area contributed by atoms with Crippen LogP contribution in [0.4, 0.5) is 0 Å². The van der Waals surface area contributed by atoms with Gasteiger partial charge in [-0.1, -0.05) is 12.1 Å². The summed E-state index contributed by atoms with van der Waals surface area (Å²) >= 11 is 0. The number of hydrogen-bond acceptors (Lipinski definition) is 2. The maximum absolute atomic E-state index is 12.7. The van der Waals surface area contributed by atoms with Crippen LogP contribution < -0.4 is 0 Å². The molecule has 1 unspecified atom stereocenters. The van der Waals surface area contributed by atoms with Gasteiger partial charge in [0.05, 0.1) is 0 Å². The van der Waals surface area contributed by atoms with E-state index in [2.05, 4.69) is 18.2 Å². The number of hydrogen-bond donors (Lipinski definition) is 0. The van der Waals surface area contributed by atoms with Crippen LogP contribution in [0.25, 0.3) is 6.08 Å². The first kappa shape index (κ1) is 11.6. The number of carbonyl (C=O) groups is 1. The van der Waals surface area contributed by atoms with Crippen LogP contribution in [0, 0.1) is 0 Å². The maximum Gasteiger partial charge on any atom is 0.254 e. The van der Waals surface area contributed by atoms with E-state index in [0.29, 0.717) is 0 Å². The van der Waals surface area contributed by atoms with Crippen molar-refractivity contribution >= 4 is 18.2 Å². The third-order valence-corrected chi connectivity index (χ3v) is 4.63. The SMILES string of the molecule is CCN(CC)C(=O)c1ccc2c3c1C21N=CC=CC1=C3. The van der Waals surface area contributed by atoms with Crippen LogP contribution in [-0.4, -0.2) is 30.1 Å². The zero-order chi connectivity index (χ0) is 13.9. The fraction of sp³-hybridized carbons (Fsp3) is 0.294. The molecule has 3 nitrogen and oxygen atoms in total. The van der Waals surface area contributed by atoms with Gasteiger partial charge in [-0.3, -0.25) is 9.79 Å². The summed E-state index contributed by atoms with van der Waals surface area (Å²) in [4.78, 5) is 19.3. The second kappa shape index (κ2) is 3.69. The topological polar surface area (TPSA) is 32.7 Å². The third-order valence-electron chi connectivity index (χ3n) is 4.63. The fourth-order valence-corrected chi connectivity index (χ4v) is 3.64. The minimum Gasteiger partial charge on any atom is -0.339 e. The number of nitrogens with zero attached hydrogens (tertiary/aromatic N) is 2. The van der Waals surface area contributed by atoms with Crippen molar-refractivity contribution in [3.63, 3.8) is 0 Å². The van der Waals surface area contributed by atoms with Gasteiger partial charge in [-0.15, -0.1) is 0 Å². The van der Waals surface area contributed by atoms with E-state index in [1.165, 1.54) is 16.7 Å². The van der Waals surface area contributed by atoms with Crippen LogP contribution in [0.1, 0.15) is 40.9 Å². The molecule has 0 aromatic heterocycles. The Morgan fingerprint density at radius 2 is 2.10 bits per heavy atom. The molecule has 1 spiro atoms. The van der Waals surface area contributed by atoms with E-state index in [1.54, 1.807) is 0 Å². The monoisotopic (exact) mass is 264 g/mol. The quantitative estimate of drug-likeness (QED) is 0.826. The molecule has 0 fully saturated rings. The van der Waals surface area contributed by atoms with Crippen molar-refractivity contribution in [3.05, 3.63) is 52.1 Å². The van der Waals surface area contributed by atoms with Gasteiger partial charge in [-0.2, -0.15) is 0 Å². The van der Waals surface area contributed by atoms with Gasteiger partial charge in [0.2, 0.25) is 0 Å². The molecule has 1 atom stereocenters. The highest BCUT2D eigenvalue weighted by atomic mass is 16.2. The molecule has 1 aromatic rings. The Balaban J connectivity index is 1.84. The molecule has 1 heterocycles. The predicted octanol–water partition coefficient (Wildman–Crippen LogP) is 2.76. The molecule has 0 N–H and O–H groups in total. The molecule has 1 amide bonds. The molecular formula is C17H16N2O.